The van der Waals surface area contributed by atoms with Crippen LogP contribution in [-0.2, 0) is 5.41 Å². The number of hydrogen-bond donors (Lipinski definition) is 0. The number of rotatable bonds is 6. The van der Waals surface area contributed by atoms with Gasteiger partial charge >= 0.3 is 0 Å². The summed E-state index contributed by atoms with van der Waals surface area (Å²) in [6.45, 7) is 19.6. The van der Waals surface area contributed by atoms with Crippen molar-refractivity contribution in [2.24, 2.45) is 0 Å². The third kappa shape index (κ3) is 5.34. The average molecular weight is 721 g/mol. The van der Waals surface area contributed by atoms with E-state index in [0.29, 0.717) is 0 Å². The van der Waals surface area contributed by atoms with Crippen LogP contribution in [0.25, 0.3) is 49.4 Å². The van der Waals surface area contributed by atoms with Crippen molar-refractivity contribution >= 4 is 76.2 Å². The minimum atomic E-state index is -1.51. The van der Waals surface area contributed by atoms with E-state index >= 15 is 0 Å². The van der Waals surface area contributed by atoms with Crippen LogP contribution in [0.5, 0.6) is 0 Å². The number of anilines is 3. The van der Waals surface area contributed by atoms with Gasteiger partial charge in [0, 0.05) is 38.6 Å². The van der Waals surface area contributed by atoms with Crippen LogP contribution in [0.1, 0.15) is 25.0 Å². The van der Waals surface area contributed by atoms with Gasteiger partial charge in [0.25, 0.3) is 0 Å². The Morgan fingerprint density at radius 3 is 1.51 bits per heavy atom. The molecule has 0 spiro atoms. The van der Waals surface area contributed by atoms with E-state index in [4.69, 9.17) is 0 Å². The van der Waals surface area contributed by atoms with Crippen molar-refractivity contribution in [3.63, 3.8) is 0 Å². The first kappa shape index (κ1) is 33.7. The molecule has 0 unspecified atom stereocenters. The Labute approximate surface area is 316 Å². The summed E-state index contributed by atoms with van der Waals surface area (Å²) in [5.74, 6) is 0. The molecule has 2 nitrogen and oxygen atoms in total. The van der Waals surface area contributed by atoms with Gasteiger partial charge in [-0.25, -0.2) is 0 Å². The second-order valence-electron chi connectivity index (χ2n) is 17.5. The lowest BCUT2D eigenvalue weighted by molar-refractivity contribution is 0.660. The molecule has 9 rings (SSSR count). The molecular weight excluding hydrogens is 673 g/mol. The lowest BCUT2D eigenvalue weighted by Gasteiger charge is -2.29. The van der Waals surface area contributed by atoms with Gasteiger partial charge in [-0.3, -0.25) is 0 Å². The van der Waals surface area contributed by atoms with Crippen molar-refractivity contribution in [1.82, 2.24) is 4.57 Å². The summed E-state index contributed by atoms with van der Waals surface area (Å²) in [7, 11) is -3.02. The van der Waals surface area contributed by atoms with Gasteiger partial charge in [-0.1, -0.05) is 154 Å². The summed E-state index contributed by atoms with van der Waals surface area (Å²) >= 11 is 0. The second-order valence-corrected chi connectivity index (χ2v) is 27.7. The van der Waals surface area contributed by atoms with E-state index in [9.17, 15) is 0 Å². The number of nitrogens with zero attached hydrogens (tertiary/aromatic N) is 2. The largest absolute Gasteiger partial charge is 0.310 e. The predicted octanol–water partition coefficient (Wildman–Crippen LogP) is 12.8. The molecule has 1 aliphatic rings. The molecular formula is C49H48N2Si2. The summed E-state index contributed by atoms with van der Waals surface area (Å²) in [4.78, 5) is 2.43. The fourth-order valence-corrected chi connectivity index (χ4v) is 11.0. The molecule has 1 aliphatic carbocycles. The van der Waals surface area contributed by atoms with Crippen molar-refractivity contribution in [3.8, 4) is 16.8 Å². The first-order valence-electron chi connectivity index (χ1n) is 19.0. The van der Waals surface area contributed by atoms with Crippen LogP contribution in [0.4, 0.5) is 17.1 Å². The van der Waals surface area contributed by atoms with E-state index in [2.05, 4.69) is 208 Å². The third-order valence-electron chi connectivity index (χ3n) is 11.7. The molecule has 7 aromatic carbocycles. The van der Waals surface area contributed by atoms with Crippen molar-refractivity contribution in [2.45, 2.75) is 58.5 Å². The highest BCUT2D eigenvalue weighted by molar-refractivity contribution is 6.89. The molecule has 0 bridgehead atoms. The van der Waals surface area contributed by atoms with E-state index in [-0.39, 0.29) is 5.41 Å². The molecule has 53 heavy (non-hydrogen) atoms. The van der Waals surface area contributed by atoms with E-state index in [0.717, 1.165) is 11.4 Å². The lowest BCUT2D eigenvalue weighted by atomic mass is 9.81. The fourth-order valence-electron chi connectivity index (χ4n) is 8.69. The highest BCUT2D eigenvalue weighted by Gasteiger charge is 2.38. The van der Waals surface area contributed by atoms with E-state index < -0.39 is 16.1 Å². The molecule has 4 heteroatoms. The van der Waals surface area contributed by atoms with Gasteiger partial charge < -0.3 is 9.47 Å². The molecule has 0 aliphatic heterocycles. The number of benzene rings is 7. The molecule has 0 fully saturated rings. The maximum atomic E-state index is 2.53. The number of para-hydroxylation sites is 2. The molecule has 8 aromatic rings. The van der Waals surface area contributed by atoms with Crippen LogP contribution in [0, 0.1) is 0 Å². The van der Waals surface area contributed by atoms with Crippen LogP contribution < -0.4 is 15.3 Å². The number of hydrogen-bond acceptors (Lipinski definition) is 1. The van der Waals surface area contributed by atoms with Gasteiger partial charge in [-0.15, -0.1) is 0 Å². The van der Waals surface area contributed by atoms with Gasteiger partial charge in [0.1, 0.15) is 0 Å². The molecule has 0 saturated carbocycles. The van der Waals surface area contributed by atoms with Gasteiger partial charge in [-0.2, -0.15) is 0 Å². The van der Waals surface area contributed by atoms with Crippen molar-refractivity contribution in [3.05, 3.63) is 157 Å². The van der Waals surface area contributed by atoms with Crippen LogP contribution in [0.15, 0.2) is 146 Å². The Bertz CT molecular complexity index is 2600. The first-order chi connectivity index (χ1) is 25.3. The Morgan fingerprint density at radius 1 is 0.472 bits per heavy atom. The maximum Gasteiger partial charge on any atom is 0.0776 e. The lowest BCUT2D eigenvalue weighted by Crippen LogP contribution is -2.37. The Balaban J connectivity index is 1.27. The highest BCUT2D eigenvalue weighted by Crippen LogP contribution is 2.55. The molecule has 0 amide bonds. The summed E-state index contributed by atoms with van der Waals surface area (Å²) < 4.78 is 2.53. The van der Waals surface area contributed by atoms with Crippen molar-refractivity contribution in [2.75, 3.05) is 4.90 Å². The summed E-state index contributed by atoms with van der Waals surface area (Å²) in [6, 6.07) is 54.9. The number of aromatic nitrogens is 1. The molecule has 262 valence electrons. The molecule has 0 atom stereocenters. The minimum absolute atomic E-state index is 0.215. The zero-order valence-electron chi connectivity index (χ0n) is 32.3. The van der Waals surface area contributed by atoms with Crippen LogP contribution in [-0.4, -0.2) is 20.7 Å². The minimum Gasteiger partial charge on any atom is -0.310 e. The summed E-state index contributed by atoms with van der Waals surface area (Å²) in [5.41, 5.74) is 12.6. The standard InChI is InChI=1S/C49H48N2Si2/c1-49(2)43-29-35(51-45-27-24-36(52(3,4)5)30-41(45)42-31-37(53(6,7)8)25-28-46(42)51)23-26-40(43)48-39-22-16-15-21-38(39)47(32-44(48)49)50(33-17-11-9-12-18-33)34-19-13-10-14-20-34/h9-32H,1-8H3. The van der Waals surface area contributed by atoms with Gasteiger partial charge in [0.05, 0.1) is 32.9 Å². The Kier molecular flexibility index (Phi) is 7.57. The van der Waals surface area contributed by atoms with Gasteiger partial charge in [0.15, 0.2) is 0 Å². The fraction of sp³-hybridized carbons (Fsp3) is 0.184. The molecule has 1 aromatic heterocycles. The maximum absolute atomic E-state index is 2.53. The van der Waals surface area contributed by atoms with Gasteiger partial charge in [-0.05, 0) is 82.2 Å². The normalized spacial score (nSPS) is 13.8. The van der Waals surface area contributed by atoms with Crippen molar-refractivity contribution in [1.29, 1.82) is 0 Å². The zero-order chi connectivity index (χ0) is 36.9. The van der Waals surface area contributed by atoms with E-state index in [1.165, 1.54) is 76.6 Å². The molecule has 0 radical (unpaired) electrons. The third-order valence-corrected chi connectivity index (χ3v) is 15.8. The Hall–Kier alpha value is -5.17. The smallest absolute Gasteiger partial charge is 0.0776 e. The molecule has 0 N–H and O–H groups in total. The zero-order valence-corrected chi connectivity index (χ0v) is 34.3. The van der Waals surface area contributed by atoms with Crippen molar-refractivity contribution < 1.29 is 0 Å². The van der Waals surface area contributed by atoms with E-state index in [1.807, 2.05) is 0 Å². The summed E-state index contributed by atoms with van der Waals surface area (Å²) in [6.07, 6.45) is 0. The van der Waals surface area contributed by atoms with Crippen LogP contribution in [0.3, 0.4) is 0 Å². The molecule has 1 heterocycles. The Morgan fingerprint density at radius 2 is 0.981 bits per heavy atom. The topological polar surface area (TPSA) is 8.17 Å². The van der Waals surface area contributed by atoms with Crippen LogP contribution in [0.2, 0.25) is 39.3 Å². The molecule has 0 saturated heterocycles. The monoisotopic (exact) mass is 720 g/mol. The van der Waals surface area contributed by atoms with Crippen LogP contribution >= 0.6 is 0 Å². The predicted molar refractivity (Wildman–Crippen MR) is 236 cm³/mol. The van der Waals surface area contributed by atoms with Gasteiger partial charge in [0.2, 0.25) is 0 Å². The quantitative estimate of drug-likeness (QED) is 0.155. The first-order valence-corrected chi connectivity index (χ1v) is 26.0. The SMILES string of the molecule is CC1(C)c2cc(-n3c4ccc([Si](C)(C)C)cc4c4cc([Si](C)(C)C)ccc43)ccc2-c2c1cc(N(c1ccccc1)c1ccccc1)c1ccccc21. The average Bonchev–Trinajstić information content (AvgIpc) is 3.59. The summed E-state index contributed by atoms with van der Waals surface area (Å²) in [5, 5.41) is 8.32. The second kappa shape index (κ2) is 11.9. The number of fused-ring (bicyclic) bond motifs is 8. The highest BCUT2D eigenvalue weighted by atomic mass is 28.3. The van der Waals surface area contributed by atoms with E-state index in [1.54, 1.807) is 0 Å².